The molecule has 1 saturated heterocycles. The Kier molecular flexibility index (Phi) is 2.93. The van der Waals surface area contributed by atoms with Crippen LogP contribution in [-0.2, 0) is 6.42 Å². The predicted molar refractivity (Wildman–Crippen MR) is 56.2 cm³/mol. The predicted octanol–water partition coefficient (Wildman–Crippen LogP) is 0.578. The van der Waals surface area contributed by atoms with Crippen molar-refractivity contribution in [3.05, 3.63) is 18.0 Å². The quantitative estimate of drug-likeness (QED) is 0.761. The van der Waals surface area contributed by atoms with Crippen LogP contribution in [-0.4, -0.2) is 29.6 Å². The Balaban J connectivity index is 2.12. The van der Waals surface area contributed by atoms with E-state index in [2.05, 4.69) is 14.9 Å². The van der Waals surface area contributed by atoms with Crippen LogP contribution in [0.2, 0.25) is 0 Å². The SMILES string of the molecule is NCCc1ccnc(N2CCCC2)n1. The summed E-state index contributed by atoms with van der Waals surface area (Å²) < 4.78 is 0. The van der Waals surface area contributed by atoms with E-state index < -0.39 is 0 Å². The van der Waals surface area contributed by atoms with Crippen molar-refractivity contribution >= 4 is 5.95 Å². The highest BCUT2D eigenvalue weighted by Gasteiger charge is 2.14. The molecule has 0 aliphatic carbocycles. The number of hydrogen-bond acceptors (Lipinski definition) is 4. The molecule has 14 heavy (non-hydrogen) atoms. The summed E-state index contributed by atoms with van der Waals surface area (Å²) >= 11 is 0. The van der Waals surface area contributed by atoms with Gasteiger partial charge in [-0.3, -0.25) is 0 Å². The summed E-state index contributed by atoms with van der Waals surface area (Å²) in [5, 5.41) is 0. The van der Waals surface area contributed by atoms with E-state index in [9.17, 15) is 0 Å². The van der Waals surface area contributed by atoms with Crippen molar-refractivity contribution in [1.29, 1.82) is 0 Å². The molecule has 1 aliphatic heterocycles. The standard InChI is InChI=1S/C10H16N4/c11-5-3-9-4-6-12-10(13-9)14-7-1-2-8-14/h4,6H,1-3,5,7-8,11H2. The Morgan fingerprint density at radius 1 is 1.36 bits per heavy atom. The van der Waals surface area contributed by atoms with Crippen LogP contribution >= 0.6 is 0 Å². The van der Waals surface area contributed by atoms with Crippen LogP contribution in [0.25, 0.3) is 0 Å². The smallest absolute Gasteiger partial charge is 0.225 e. The highest BCUT2D eigenvalue weighted by atomic mass is 15.3. The van der Waals surface area contributed by atoms with Gasteiger partial charge < -0.3 is 10.6 Å². The number of anilines is 1. The molecule has 1 aromatic heterocycles. The molecule has 1 aliphatic rings. The molecule has 0 saturated carbocycles. The van der Waals surface area contributed by atoms with Gasteiger partial charge in [-0.15, -0.1) is 0 Å². The van der Waals surface area contributed by atoms with E-state index in [1.807, 2.05) is 12.3 Å². The molecule has 0 spiro atoms. The number of aromatic nitrogens is 2. The summed E-state index contributed by atoms with van der Waals surface area (Å²) in [6.45, 7) is 2.83. The fourth-order valence-corrected chi connectivity index (χ4v) is 1.74. The lowest BCUT2D eigenvalue weighted by Gasteiger charge is -2.15. The van der Waals surface area contributed by atoms with Gasteiger partial charge in [0.15, 0.2) is 0 Å². The topological polar surface area (TPSA) is 55.0 Å². The fraction of sp³-hybridized carbons (Fsp3) is 0.600. The zero-order chi connectivity index (χ0) is 9.80. The first-order chi connectivity index (χ1) is 6.90. The van der Waals surface area contributed by atoms with Gasteiger partial charge >= 0.3 is 0 Å². The number of hydrogen-bond donors (Lipinski definition) is 1. The van der Waals surface area contributed by atoms with Crippen molar-refractivity contribution in [2.75, 3.05) is 24.5 Å². The van der Waals surface area contributed by atoms with Crippen LogP contribution in [0.1, 0.15) is 18.5 Å². The summed E-state index contributed by atoms with van der Waals surface area (Å²) in [5.74, 6) is 0.869. The Labute approximate surface area is 84.2 Å². The van der Waals surface area contributed by atoms with Crippen molar-refractivity contribution in [1.82, 2.24) is 9.97 Å². The van der Waals surface area contributed by atoms with Gasteiger partial charge in [0.05, 0.1) is 0 Å². The molecule has 2 N–H and O–H groups in total. The Morgan fingerprint density at radius 2 is 2.14 bits per heavy atom. The lowest BCUT2D eigenvalue weighted by atomic mass is 10.3. The molecule has 1 aromatic rings. The second kappa shape index (κ2) is 4.37. The molecule has 4 heteroatoms. The minimum absolute atomic E-state index is 0.649. The Morgan fingerprint density at radius 3 is 2.86 bits per heavy atom. The van der Waals surface area contributed by atoms with Crippen molar-refractivity contribution in [2.24, 2.45) is 5.73 Å². The molecule has 0 atom stereocenters. The number of nitrogens with zero attached hydrogens (tertiary/aromatic N) is 3. The van der Waals surface area contributed by atoms with Gasteiger partial charge in [0, 0.05) is 31.4 Å². The summed E-state index contributed by atoms with van der Waals surface area (Å²) in [7, 11) is 0. The van der Waals surface area contributed by atoms with Crippen LogP contribution in [0, 0.1) is 0 Å². The number of rotatable bonds is 3. The van der Waals surface area contributed by atoms with Gasteiger partial charge in [0.1, 0.15) is 0 Å². The lowest BCUT2D eigenvalue weighted by molar-refractivity contribution is 0.855. The summed E-state index contributed by atoms with van der Waals surface area (Å²) in [6, 6.07) is 1.94. The van der Waals surface area contributed by atoms with Gasteiger partial charge in [-0.25, -0.2) is 9.97 Å². The average molecular weight is 192 g/mol. The first kappa shape index (κ1) is 9.40. The molecule has 4 nitrogen and oxygen atoms in total. The Bertz CT molecular complexity index is 294. The van der Waals surface area contributed by atoms with E-state index in [1.165, 1.54) is 12.8 Å². The maximum absolute atomic E-state index is 5.49. The molecular formula is C10H16N4. The normalized spacial score (nSPS) is 16.2. The summed E-state index contributed by atoms with van der Waals surface area (Å²) in [5.41, 5.74) is 6.54. The van der Waals surface area contributed by atoms with Gasteiger partial charge in [0.2, 0.25) is 5.95 Å². The second-order valence-electron chi connectivity index (χ2n) is 3.58. The van der Waals surface area contributed by atoms with Crippen LogP contribution in [0.5, 0.6) is 0 Å². The van der Waals surface area contributed by atoms with Crippen molar-refractivity contribution in [3.8, 4) is 0 Å². The lowest BCUT2D eigenvalue weighted by Crippen LogP contribution is -2.21. The van der Waals surface area contributed by atoms with Crippen LogP contribution < -0.4 is 10.6 Å². The van der Waals surface area contributed by atoms with Crippen molar-refractivity contribution in [2.45, 2.75) is 19.3 Å². The van der Waals surface area contributed by atoms with Gasteiger partial charge in [-0.2, -0.15) is 0 Å². The van der Waals surface area contributed by atoms with Crippen LogP contribution in [0.15, 0.2) is 12.3 Å². The molecule has 2 rings (SSSR count). The third-order valence-corrected chi connectivity index (χ3v) is 2.49. The maximum atomic E-state index is 5.49. The monoisotopic (exact) mass is 192 g/mol. The van der Waals surface area contributed by atoms with E-state index in [0.29, 0.717) is 6.54 Å². The molecule has 1 fully saturated rings. The minimum Gasteiger partial charge on any atom is -0.341 e. The zero-order valence-corrected chi connectivity index (χ0v) is 8.32. The van der Waals surface area contributed by atoms with E-state index >= 15 is 0 Å². The molecule has 2 heterocycles. The fourth-order valence-electron chi connectivity index (χ4n) is 1.74. The average Bonchev–Trinajstić information content (AvgIpc) is 2.71. The van der Waals surface area contributed by atoms with Crippen molar-refractivity contribution in [3.63, 3.8) is 0 Å². The minimum atomic E-state index is 0.649. The van der Waals surface area contributed by atoms with Gasteiger partial charge in [0.25, 0.3) is 0 Å². The molecule has 0 aromatic carbocycles. The van der Waals surface area contributed by atoms with Gasteiger partial charge in [-0.1, -0.05) is 0 Å². The Hall–Kier alpha value is -1.16. The van der Waals surface area contributed by atoms with Crippen molar-refractivity contribution < 1.29 is 0 Å². The van der Waals surface area contributed by atoms with Crippen LogP contribution in [0.3, 0.4) is 0 Å². The molecule has 0 amide bonds. The second-order valence-corrected chi connectivity index (χ2v) is 3.58. The van der Waals surface area contributed by atoms with E-state index in [1.54, 1.807) is 0 Å². The maximum Gasteiger partial charge on any atom is 0.225 e. The third-order valence-electron chi connectivity index (χ3n) is 2.49. The van der Waals surface area contributed by atoms with E-state index in [-0.39, 0.29) is 0 Å². The van der Waals surface area contributed by atoms with Crippen LogP contribution in [0.4, 0.5) is 5.95 Å². The van der Waals surface area contributed by atoms with E-state index in [0.717, 1.165) is 31.2 Å². The largest absolute Gasteiger partial charge is 0.341 e. The van der Waals surface area contributed by atoms with Gasteiger partial charge in [-0.05, 0) is 25.5 Å². The molecule has 0 bridgehead atoms. The first-order valence-corrected chi connectivity index (χ1v) is 5.17. The highest BCUT2D eigenvalue weighted by molar-refractivity contribution is 5.31. The summed E-state index contributed by atoms with van der Waals surface area (Å²) in [4.78, 5) is 11.0. The third kappa shape index (κ3) is 2.01. The van der Waals surface area contributed by atoms with E-state index in [4.69, 9.17) is 5.73 Å². The summed E-state index contributed by atoms with van der Waals surface area (Å²) in [6.07, 6.45) is 5.17. The molecule has 0 radical (unpaired) electrons. The molecule has 76 valence electrons. The molecule has 0 unspecified atom stereocenters. The number of nitrogens with two attached hydrogens (primary N) is 1. The highest BCUT2D eigenvalue weighted by Crippen LogP contribution is 2.15. The molecular weight excluding hydrogens is 176 g/mol. The zero-order valence-electron chi connectivity index (χ0n) is 8.32. The first-order valence-electron chi connectivity index (χ1n) is 5.17.